The SMILES string of the molecule is CC(C)(C)OC(=O)NCCCCOc1ccc(C(=O)O)c(C(=O)O)c1. The highest BCUT2D eigenvalue weighted by molar-refractivity contribution is 6.01. The van der Waals surface area contributed by atoms with Crippen LogP contribution in [-0.2, 0) is 4.74 Å². The van der Waals surface area contributed by atoms with Gasteiger partial charge in [0.1, 0.15) is 11.4 Å². The molecule has 1 rings (SSSR count). The fourth-order valence-corrected chi connectivity index (χ4v) is 1.90. The van der Waals surface area contributed by atoms with Gasteiger partial charge in [-0.25, -0.2) is 14.4 Å². The maximum atomic E-state index is 11.4. The molecule has 1 aromatic carbocycles. The van der Waals surface area contributed by atoms with Crippen molar-refractivity contribution in [3.8, 4) is 5.75 Å². The van der Waals surface area contributed by atoms with Crippen molar-refractivity contribution < 1.29 is 34.1 Å². The summed E-state index contributed by atoms with van der Waals surface area (Å²) in [5.41, 5.74) is -1.16. The molecular weight excluding hydrogens is 330 g/mol. The summed E-state index contributed by atoms with van der Waals surface area (Å²) in [6, 6.07) is 3.80. The quantitative estimate of drug-likeness (QED) is 0.614. The molecule has 0 aliphatic carbocycles. The van der Waals surface area contributed by atoms with Crippen molar-refractivity contribution in [2.24, 2.45) is 0 Å². The number of hydrogen-bond donors (Lipinski definition) is 3. The molecule has 0 heterocycles. The number of alkyl carbamates (subject to hydrolysis) is 1. The Morgan fingerprint density at radius 1 is 1.04 bits per heavy atom. The van der Waals surface area contributed by atoms with Gasteiger partial charge in [-0.1, -0.05) is 0 Å². The standard InChI is InChI=1S/C17H23NO7/c1-17(2,3)25-16(23)18-8-4-5-9-24-11-6-7-12(14(19)20)13(10-11)15(21)22/h6-7,10H,4-5,8-9H2,1-3H3,(H,18,23)(H,19,20)(H,21,22). The molecule has 0 spiro atoms. The molecule has 0 aliphatic heterocycles. The second kappa shape index (κ2) is 8.91. The summed E-state index contributed by atoms with van der Waals surface area (Å²) >= 11 is 0. The average molecular weight is 353 g/mol. The zero-order chi connectivity index (χ0) is 19.0. The van der Waals surface area contributed by atoms with Crippen LogP contribution in [0.15, 0.2) is 18.2 Å². The molecule has 0 saturated carbocycles. The molecule has 0 aromatic heterocycles. The number of aromatic carboxylic acids is 2. The number of carbonyl (C=O) groups excluding carboxylic acids is 1. The molecule has 1 amide bonds. The molecule has 0 radical (unpaired) electrons. The van der Waals surface area contributed by atoms with Gasteiger partial charge >= 0.3 is 18.0 Å². The number of nitrogens with one attached hydrogen (secondary N) is 1. The molecule has 0 fully saturated rings. The summed E-state index contributed by atoms with van der Waals surface area (Å²) in [5.74, 6) is -2.36. The molecule has 8 nitrogen and oxygen atoms in total. The number of unbranched alkanes of at least 4 members (excludes halogenated alkanes) is 1. The first-order chi connectivity index (χ1) is 11.6. The Labute approximate surface area is 145 Å². The molecule has 8 heteroatoms. The minimum Gasteiger partial charge on any atom is -0.494 e. The van der Waals surface area contributed by atoms with Crippen LogP contribution in [0.1, 0.15) is 54.3 Å². The van der Waals surface area contributed by atoms with Crippen LogP contribution < -0.4 is 10.1 Å². The molecule has 3 N–H and O–H groups in total. The van der Waals surface area contributed by atoms with E-state index in [0.29, 0.717) is 26.0 Å². The van der Waals surface area contributed by atoms with Crippen LogP contribution in [-0.4, -0.2) is 47.0 Å². The summed E-state index contributed by atoms with van der Waals surface area (Å²) in [4.78, 5) is 33.5. The van der Waals surface area contributed by atoms with Gasteiger partial charge in [-0.2, -0.15) is 0 Å². The number of carboxylic acids is 2. The fraction of sp³-hybridized carbons (Fsp3) is 0.471. The van der Waals surface area contributed by atoms with Crippen LogP contribution in [0.3, 0.4) is 0 Å². The molecule has 1 aromatic rings. The lowest BCUT2D eigenvalue weighted by atomic mass is 10.1. The van der Waals surface area contributed by atoms with E-state index in [4.69, 9.17) is 19.7 Å². The number of rotatable bonds is 8. The molecule has 25 heavy (non-hydrogen) atoms. The van der Waals surface area contributed by atoms with Crippen molar-refractivity contribution in [3.05, 3.63) is 29.3 Å². The number of ether oxygens (including phenoxy) is 2. The summed E-state index contributed by atoms with van der Waals surface area (Å²) in [6.07, 6.45) is 0.792. The van der Waals surface area contributed by atoms with E-state index in [1.165, 1.54) is 18.2 Å². The maximum absolute atomic E-state index is 11.4. The van der Waals surface area contributed by atoms with Crippen LogP contribution in [0.4, 0.5) is 4.79 Å². The lowest BCUT2D eigenvalue weighted by Gasteiger charge is -2.19. The molecule has 0 unspecified atom stereocenters. The third kappa shape index (κ3) is 7.56. The van der Waals surface area contributed by atoms with Gasteiger partial charge < -0.3 is 25.0 Å². The third-order valence-corrected chi connectivity index (χ3v) is 2.96. The summed E-state index contributed by atoms with van der Waals surface area (Å²) in [7, 11) is 0. The number of carboxylic acid groups (broad SMARTS) is 2. The number of hydrogen-bond acceptors (Lipinski definition) is 5. The topological polar surface area (TPSA) is 122 Å². The maximum Gasteiger partial charge on any atom is 0.407 e. The van der Waals surface area contributed by atoms with Gasteiger partial charge in [0.05, 0.1) is 17.7 Å². The normalized spacial score (nSPS) is 10.8. The van der Waals surface area contributed by atoms with Crippen molar-refractivity contribution in [3.63, 3.8) is 0 Å². The molecule has 138 valence electrons. The highest BCUT2D eigenvalue weighted by atomic mass is 16.6. The first-order valence-corrected chi connectivity index (χ1v) is 7.80. The predicted molar refractivity (Wildman–Crippen MR) is 89.3 cm³/mol. The second-order valence-electron chi connectivity index (χ2n) is 6.30. The molecular formula is C17H23NO7. The van der Waals surface area contributed by atoms with Gasteiger partial charge in [0, 0.05) is 6.54 Å². The van der Waals surface area contributed by atoms with E-state index >= 15 is 0 Å². The first-order valence-electron chi connectivity index (χ1n) is 7.80. The van der Waals surface area contributed by atoms with E-state index in [1.54, 1.807) is 20.8 Å². The second-order valence-corrected chi connectivity index (χ2v) is 6.30. The Morgan fingerprint density at radius 3 is 2.24 bits per heavy atom. The van der Waals surface area contributed by atoms with E-state index < -0.39 is 23.6 Å². The van der Waals surface area contributed by atoms with Crippen LogP contribution in [0.5, 0.6) is 5.75 Å². The van der Waals surface area contributed by atoms with Gasteiger partial charge in [-0.05, 0) is 51.8 Å². The van der Waals surface area contributed by atoms with E-state index in [1.807, 2.05) is 0 Å². The molecule has 0 atom stereocenters. The minimum atomic E-state index is -1.33. The van der Waals surface area contributed by atoms with Crippen molar-refractivity contribution in [1.29, 1.82) is 0 Å². The van der Waals surface area contributed by atoms with Crippen LogP contribution in [0.2, 0.25) is 0 Å². The predicted octanol–water partition coefficient (Wildman–Crippen LogP) is 2.77. The van der Waals surface area contributed by atoms with Gasteiger partial charge in [0.15, 0.2) is 0 Å². The van der Waals surface area contributed by atoms with E-state index in [2.05, 4.69) is 5.32 Å². The molecule has 0 aliphatic rings. The Balaban J connectivity index is 2.37. The Morgan fingerprint density at radius 2 is 1.68 bits per heavy atom. The molecule has 0 bridgehead atoms. The number of benzene rings is 1. The van der Waals surface area contributed by atoms with Crippen LogP contribution in [0, 0.1) is 0 Å². The smallest absolute Gasteiger partial charge is 0.407 e. The van der Waals surface area contributed by atoms with E-state index in [0.717, 1.165) is 0 Å². The molecule has 0 saturated heterocycles. The third-order valence-electron chi connectivity index (χ3n) is 2.96. The Kier molecular flexibility index (Phi) is 7.22. The zero-order valence-corrected chi connectivity index (χ0v) is 14.5. The zero-order valence-electron chi connectivity index (χ0n) is 14.5. The van der Waals surface area contributed by atoms with Crippen LogP contribution >= 0.6 is 0 Å². The van der Waals surface area contributed by atoms with Crippen LogP contribution in [0.25, 0.3) is 0 Å². The van der Waals surface area contributed by atoms with Crippen molar-refractivity contribution in [1.82, 2.24) is 5.32 Å². The summed E-state index contributed by atoms with van der Waals surface area (Å²) in [5, 5.41) is 20.6. The first kappa shape index (κ1) is 20.3. The fourth-order valence-electron chi connectivity index (χ4n) is 1.90. The average Bonchev–Trinajstić information content (AvgIpc) is 2.48. The highest BCUT2D eigenvalue weighted by Crippen LogP contribution is 2.18. The van der Waals surface area contributed by atoms with E-state index in [-0.39, 0.29) is 16.9 Å². The van der Waals surface area contributed by atoms with Crippen molar-refractivity contribution >= 4 is 18.0 Å². The lowest BCUT2D eigenvalue weighted by molar-refractivity contribution is 0.0525. The Hall–Kier alpha value is -2.77. The summed E-state index contributed by atoms with van der Waals surface area (Å²) in [6.45, 7) is 6.07. The highest BCUT2D eigenvalue weighted by Gasteiger charge is 2.17. The minimum absolute atomic E-state index is 0.280. The number of carbonyl (C=O) groups is 3. The monoisotopic (exact) mass is 353 g/mol. The Bertz CT molecular complexity index is 634. The van der Waals surface area contributed by atoms with E-state index in [9.17, 15) is 14.4 Å². The van der Waals surface area contributed by atoms with Gasteiger partial charge in [0.2, 0.25) is 0 Å². The lowest BCUT2D eigenvalue weighted by Crippen LogP contribution is -2.33. The van der Waals surface area contributed by atoms with Gasteiger partial charge in [0.25, 0.3) is 0 Å². The van der Waals surface area contributed by atoms with Gasteiger partial charge in [-0.3, -0.25) is 0 Å². The largest absolute Gasteiger partial charge is 0.494 e. The van der Waals surface area contributed by atoms with Gasteiger partial charge in [-0.15, -0.1) is 0 Å². The summed E-state index contributed by atoms with van der Waals surface area (Å²) < 4.78 is 10.5. The van der Waals surface area contributed by atoms with Crippen molar-refractivity contribution in [2.75, 3.05) is 13.2 Å². The van der Waals surface area contributed by atoms with Crippen molar-refractivity contribution in [2.45, 2.75) is 39.2 Å². The number of amides is 1.